The number of benzene rings is 1. The molecule has 1 aliphatic rings. The third-order valence-electron chi connectivity index (χ3n) is 5.49. The fourth-order valence-corrected chi connectivity index (χ4v) is 3.64. The lowest BCUT2D eigenvalue weighted by Gasteiger charge is -2.36. The summed E-state index contributed by atoms with van der Waals surface area (Å²) < 4.78 is 43.8. The fraction of sp³-hybridized carbons (Fsp3) is 0.524. The van der Waals surface area contributed by atoms with E-state index in [1.54, 1.807) is 38.1 Å². The zero-order chi connectivity index (χ0) is 22.6. The van der Waals surface area contributed by atoms with E-state index in [0.29, 0.717) is 43.0 Å². The topological polar surface area (TPSA) is 70.6 Å². The number of halogens is 4. The smallest absolute Gasteiger partial charge is 0.422 e. The lowest BCUT2D eigenvalue weighted by molar-refractivity contribution is -0.153. The van der Waals surface area contributed by atoms with Gasteiger partial charge in [0.25, 0.3) is 5.56 Å². The van der Waals surface area contributed by atoms with Gasteiger partial charge in [-0.25, -0.2) is 4.79 Å². The van der Waals surface area contributed by atoms with Gasteiger partial charge in [0, 0.05) is 44.0 Å². The molecule has 1 fully saturated rings. The maximum Gasteiger partial charge on any atom is 0.422 e. The first-order chi connectivity index (χ1) is 14.7. The zero-order valence-electron chi connectivity index (χ0n) is 18.1. The molecular weight excluding hydrogens is 449 g/mol. The number of H-pyrrole nitrogens is 1. The molecule has 0 spiro atoms. The van der Waals surface area contributed by atoms with Gasteiger partial charge in [-0.15, -0.1) is 12.4 Å². The maximum atomic E-state index is 12.5. The number of piperazine rings is 1. The lowest BCUT2D eigenvalue weighted by Crippen LogP contribution is -2.47. The predicted molar refractivity (Wildman–Crippen MR) is 119 cm³/mol. The third-order valence-corrected chi connectivity index (χ3v) is 5.49. The molecule has 0 aliphatic carbocycles. The van der Waals surface area contributed by atoms with Crippen molar-refractivity contribution in [1.82, 2.24) is 14.5 Å². The predicted octanol–water partition coefficient (Wildman–Crippen LogP) is 2.73. The van der Waals surface area contributed by atoms with Crippen molar-refractivity contribution in [3.63, 3.8) is 0 Å². The monoisotopic (exact) mass is 476 g/mol. The highest BCUT2D eigenvalue weighted by Gasteiger charge is 2.29. The molecule has 0 bridgehead atoms. The molecule has 11 heteroatoms. The van der Waals surface area contributed by atoms with Crippen LogP contribution in [0.15, 0.2) is 33.9 Å². The summed E-state index contributed by atoms with van der Waals surface area (Å²) in [5.41, 5.74) is 1.12. The number of ether oxygens (including phenoxy) is 1. The Kier molecular flexibility index (Phi) is 8.80. The second-order valence-corrected chi connectivity index (χ2v) is 7.69. The van der Waals surface area contributed by atoms with Crippen molar-refractivity contribution in [2.75, 3.05) is 44.2 Å². The van der Waals surface area contributed by atoms with E-state index < -0.39 is 18.5 Å². The number of aromatic amines is 1. The summed E-state index contributed by atoms with van der Waals surface area (Å²) >= 11 is 0. The number of hydrogen-bond acceptors (Lipinski definition) is 5. The van der Waals surface area contributed by atoms with Crippen LogP contribution >= 0.6 is 12.4 Å². The number of aryl methyl sites for hydroxylation is 1. The summed E-state index contributed by atoms with van der Waals surface area (Å²) in [7, 11) is 0. The number of rotatable bonds is 7. The first-order valence-corrected chi connectivity index (χ1v) is 10.2. The highest BCUT2D eigenvalue weighted by atomic mass is 35.5. The fourth-order valence-electron chi connectivity index (χ4n) is 3.64. The van der Waals surface area contributed by atoms with Crippen molar-refractivity contribution in [3.8, 4) is 5.75 Å². The van der Waals surface area contributed by atoms with Crippen molar-refractivity contribution in [2.45, 2.75) is 33.0 Å². The molecule has 2 aromatic rings. The molecule has 178 valence electrons. The number of hydrogen-bond donors (Lipinski definition) is 1. The van der Waals surface area contributed by atoms with Gasteiger partial charge in [-0.1, -0.05) is 12.1 Å². The van der Waals surface area contributed by atoms with Crippen LogP contribution in [0.5, 0.6) is 5.75 Å². The van der Waals surface area contributed by atoms with Gasteiger partial charge in [0.05, 0.1) is 5.69 Å². The minimum absolute atomic E-state index is 0. The van der Waals surface area contributed by atoms with Gasteiger partial charge < -0.3 is 14.6 Å². The quantitative estimate of drug-likeness (QED) is 0.665. The molecule has 7 nitrogen and oxygen atoms in total. The van der Waals surface area contributed by atoms with Gasteiger partial charge in [-0.05, 0) is 38.9 Å². The summed E-state index contributed by atoms with van der Waals surface area (Å²) in [5, 5.41) is 0. The molecular formula is C21H28ClF3N4O3. The third kappa shape index (κ3) is 6.52. The largest absolute Gasteiger partial charge is 0.482 e. The van der Waals surface area contributed by atoms with Crippen LogP contribution in [-0.4, -0.2) is 60.0 Å². The van der Waals surface area contributed by atoms with Crippen LogP contribution in [0.25, 0.3) is 0 Å². The second kappa shape index (κ2) is 10.9. The normalized spacial score (nSPS) is 14.8. The van der Waals surface area contributed by atoms with Crippen LogP contribution < -0.4 is 20.9 Å². The van der Waals surface area contributed by atoms with E-state index in [4.69, 9.17) is 4.74 Å². The minimum Gasteiger partial charge on any atom is -0.482 e. The van der Waals surface area contributed by atoms with Crippen LogP contribution in [-0.2, 0) is 6.54 Å². The Labute approximate surface area is 190 Å². The van der Waals surface area contributed by atoms with Crippen molar-refractivity contribution >= 4 is 18.1 Å². The number of alkyl halides is 3. The van der Waals surface area contributed by atoms with Crippen LogP contribution in [0, 0.1) is 13.8 Å². The Hall–Kier alpha value is -2.46. The van der Waals surface area contributed by atoms with Gasteiger partial charge in [-0.2, -0.15) is 13.2 Å². The molecule has 1 saturated heterocycles. The molecule has 0 atom stereocenters. The van der Waals surface area contributed by atoms with Gasteiger partial charge in [0.15, 0.2) is 6.61 Å². The summed E-state index contributed by atoms with van der Waals surface area (Å²) in [6.45, 7) is 5.89. The number of nitrogens with one attached hydrogen (secondary N) is 1. The minimum atomic E-state index is -4.38. The van der Waals surface area contributed by atoms with E-state index in [1.807, 2.05) is 4.90 Å². The molecule has 1 aromatic heterocycles. The average Bonchev–Trinajstić information content (AvgIpc) is 2.73. The molecule has 0 unspecified atom stereocenters. The first-order valence-electron chi connectivity index (χ1n) is 10.2. The number of anilines is 1. The second-order valence-electron chi connectivity index (χ2n) is 7.69. The standard InChI is InChI=1S/C21H27F3N4O3.ClH/c1-15-16(2)25-20(30)28(19(15)29)9-5-8-26-10-12-27(13-11-26)17-6-3-4-7-18(17)31-14-21(22,23)24;/h3-4,6-7H,5,8-14H2,1-2H3,(H,25,30);1H. The number of aromatic nitrogens is 2. The van der Waals surface area contributed by atoms with Crippen LogP contribution in [0.4, 0.5) is 18.9 Å². The van der Waals surface area contributed by atoms with Crippen LogP contribution in [0.1, 0.15) is 17.7 Å². The Morgan fingerprint density at radius 2 is 1.69 bits per heavy atom. The SMILES string of the molecule is Cc1[nH]c(=O)n(CCCN2CCN(c3ccccc3OCC(F)(F)F)CC2)c(=O)c1C.Cl. The van der Waals surface area contributed by atoms with Crippen LogP contribution in [0.2, 0.25) is 0 Å². The Balaban J connectivity index is 0.00000363. The molecule has 0 saturated carbocycles. The van der Waals surface area contributed by atoms with E-state index in [0.717, 1.165) is 19.6 Å². The van der Waals surface area contributed by atoms with E-state index >= 15 is 0 Å². The molecule has 1 aromatic carbocycles. The molecule has 0 amide bonds. The summed E-state index contributed by atoms with van der Waals surface area (Å²) in [5.74, 6) is 0.224. The summed E-state index contributed by atoms with van der Waals surface area (Å²) in [4.78, 5) is 31.3. The van der Waals surface area contributed by atoms with E-state index in [1.165, 1.54) is 4.57 Å². The first kappa shape index (κ1) is 25.8. The van der Waals surface area contributed by atoms with Gasteiger partial charge in [0.2, 0.25) is 0 Å². The molecule has 2 heterocycles. The number of nitrogens with zero attached hydrogens (tertiary/aromatic N) is 3. The molecule has 3 rings (SSSR count). The van der Waals surface area contributed by atoms with Crippen molar-refractivity contribution in [2.24, 2.45) is 0 Å². The number of para-hydroxylation sites is 2. The highest BCUT2D eigenvalue weighted by Crippen LogP contribution is 2.30. The average molecular weight is 477 g/mol. The Bertz CT molecular complexity index is 1010. The van der Waals surface area contributed by atoms with Crippen LogP contribution in [0.3, 0.4) is 0 Å². The van der Waals surface area contributed by atoms with Crippen molar-refractivity contribution < 1.29 is 17.9 Å². The Morgan fingerprint density at radius 3 is 2.34 bits per heavy atom. The van der Waals surface area contributed by atoms with Gasteiger partial charge in [0.1, 0.15) is 5.75 Å². The lowest BCUT2D eigenvalue weighted by atomic mass is 10.2. The van der Waals surface area contributed by atoms with Gasteiger partial charge >= 0.3 is 11.9 Å². The van der Waals surface area contributed by atoms with Gasteiger partial charge in [-0.3, -0.25) is 14.3 Å². The molecule has 0 radical (unpaired) electrons. The Morgan fingerprint density at radius 1 is 1.03 bits per heavy atom. The maximum absolute atomic E-state index is 12.5. The van der Waals surface area contributed by atoms with E-state index in [2.05, 4.69) is 9.88 Å². The molecule has 1 N–H and O–H groups in total. The summed E-state index contributed by atoms with van der Waals surface area (Å²) in [6.07, 6.45) is -3.73. The van der Waals surface area contributed by atoms with E-state index in [9.17, 15) is 22.8 Å². The van der Waals surface area contributed by atoms with Crippen molar-refractivity contribution in [3.05, 3.63) is 56.4 Å². The highest BCUT2D eigenvalue weighted by molar-refractivity contribution is 5.85. The zero-order valence-corrected chi connectivity index (χ0v) is 18.9. The molecule has 32 heavy (non-hydrogen) atoms. The molecule has 1 aliphatic heterocycles. The van der Waals surface area contributed by atoms with E-state index in [-0.39, 0.29) is 23.7 Å². The summed E-state index contributed by atoms with van der Waals surface area (Å²) in [6, 6.07) is 6.74. The van der Waals surface area contributed by atoms with Crippen molar-refractivity contribution in [1.29, 1.82) is 0 Å².